The second-order valence-electron chi connectivity index (χ2n) is 32.4. The van der Waals surface area contributed by atoms with Gasteiger partial charge in [0.25, 0.3) is 0 Å². The van der Waals surface area contributed by atoms with Crippen LogP contribution < -0.4 is 52.6 Å². The lowest BCUT2D eigenvalue weighted by atomic mass is 9.94. The third-order valence-corrected chi connectivity index (χ3v) is 21.1. The molecule has 0 spiro atoms. The summed E-state index contributed by atoms with van der Waals surface area (Å²) in [5.74, 6) is -23.7. The van der Waals surface area contributed by atoms with E-state index in [0.29, 0.717) is 83.5 Å². The minimum Gasteiger partial charge on any atom is -0.456 e. The Morgan fingerprint density at radius 3 is 0.962 bits per heavy atom. The summed E-state index contributed by atoms with van der Waals surface area (Å²) in [5, 5.41) is 24.8. The second kappa shape index (κ2) is 62.4. The molecule has 9 amide bonds. The molecule has 16 atom stereocenters. The van der Waals surface area contributed by atoms with Gasteiger partial charge in [0.05, 0.1) is 19.1 Å². The summed E-state index contributed by atoms with van der Waals surface area (Å²) in [6.45, 7) is 16.0. The maximum absolute atomic E-state index is 14.6. The molecule has 3 heterocycles. The van der Waals surface area contributed by atoms with Crippen LogP contribution >= 0.6 is 0 Å². The predicted octanol–water partition coefficient (Wildman–Crippen LogP) is 4.76. The number of Topliss-reactive ketones (excluding diaryl/α,β-unsaturated/α-hetero) is 1. The Balaban J connectivity index is 1.42. The van der Waals surface area contributed by atoms with Crippen molar-refractivity contribution in [2.45, 2.75) is 348 Å². The normalized spacial score (nSPS) is 21.7. The van der Waals surface area contributed by atoms with Crippen molar-refractivity contribution in [3.05, 3.63) is 29.1 Å². The molecule has 0 radical (unpaired) electrons. The van der Waals surface area contributed by atoms with Crippen LogP contribution in [0.5, 0.6) is 5.75 Å². The molecule has 133 heavy (non-hydrogen) atoms. The van der Waals surface area contributed by atoms with E-state index in [9.17, 15) is 103 Å². The lowest BCUT2D eigenvalue weighted by Crippen LogP contribution is -2.65. The van der Waals surface area contributed by atoms with Gasteiger partial charge in [-0.3, -0.25) is 86.4 Å². The molecule has 752 valence electrons. The van der Waals surface area contributed by atoms with Crippen LogP contribution in [0.2, 0.25) is 0 Å². The van der Waals surface area contributed by atoms with Gasteiger partial charge >= 0.3 is 41.8 Å². The van der Waals surface area contributed by atoms with Crippen molar-refractivity contribution in [3.63, 3.8) is 0 Å². The lowest BCUT2D eigenvalue weighted by molar-refractivity contribution is -0.272. The van der Waals surface area contributed by atoms with Gasteiger partial charge in [-0.15, -0.1) is 0 Å². The summed E-state index contributed by atoms with van der Waals surface area (Å²) in [4.78, 5) is 218. The Morgan fingerprint density at radius 1 is 0.323 bits per heavy atom. The molecular formula is C88H135F5N10O30. The van der Waals surface area contributed by atoms with E-state index in [-0.39, 0.29) is 160 Å². The van der Waals surface area contributed by atoms with E-state index < -0.39 is 230 Å². The highest BCUT2D eigenvalue weighted by atomic mass is 19.2. The Labute approximate surface area is 770 Å². The van der Waals surface area contributed by atoms with Gasteiger partial charge in [0.2, 0.25) is 88.0 Å². The van der Waals surface area contributed by atoms with E-state index in [1.54, 1.807) is 20.8 Å². The van der Waals surface area contributed by atoms with Crippen LogP contribution in [0.1, 0.15) is 250 Å². The summed E-state index contributed by atoms with van der Waals surface area (Å²) < 4.78 is 144. The van der Waals surface area contributed by atoms with Crippen LogP contribution in [0.15, 0.2) is 0 Å². The van der Waals surface area contributed by atoms with Crippen molar-refractivity contribution >= 4 is 101 Å². The average molecular weight is 1910 g/mol. The minimum absolute atomic E-state index is 0.00809. The molecule has 40 nitrogen and oxygen atoms in total. The molecule has 0 aromatic heterocycles. The number of nitrogens with zero attached hydrogens (tertiary/aromatic N) is 1. The van der Waals surface area contributed by atoms with E-state index >= 15 is 0 Å². The molecule has 3 aliphatic rings. The fourth-order valence-corrected chi connectivity index (χ4v) is 15.0. The quantitative estimate of drug-likeness (QED) is 0.00807. The van der Waals surface area contributed by atoms with Crippen LogP contribution in [0.3, 0.4) is 0 Å². The van der Waals surface area contributed by atoms with Gasteiger partial charge in [-0.1, -0.05) is 40.0 Å². The summed E-state index contributed by atoms with van der Waals surface area (Å²) in [5.41, 5.74) is 0. The van der Waals surface area contributed by atoms with Gasteiger partial charge in [-0.2, -0.15) is 8.78 Å². The minimum atomic E-state index is -2.46. The molecule has 3 fully saturated rings. The van der Waals surface area contributed by atoms with Crippen LogP contribution in [0, 0.1) is 29.1 Å². The first-order chi connectivity index (χ1) is 63.2. The highest BCUT2D eigenvalue weighted by Crippen LogP contribution is 2.34. The van der Waals surface area contributed by atoms with Crippen molar-refractivity contribution in [1.29, 1.82) is 0 Å². The van der Waals surface area contributed by atoms with Crippen molar-refractivity contribution in [2.24, 2.45) is 0 Å². The number of ether oxygens (including phenoxy) is 13. The lowest BCUT2D eigenvalue weighted by Gasteiger charge is -2.45. The number of amides is 9. The molecule has 0 bridgehead atoms. The second-order valence-corrected chi connectivity index (χ2v) is 32.4. The number of carbonyl (C=O) groups is 17. The van der Waals surface area contributed by atoms with E-state index in [1.807, 2.05) is 0 Å². The van der Waals surface area contributed by atoms with Gasteiger partial charge in [0.15, 0.2) is 55.5 Å². The summed E-state index contributed by atoms with van der Waals surface area (Å²) in [6, 6.07) is -4.32. The van der Waals surface area contributed by atoms with Crippen molar-refractivity contribution < 1.29 is 165 Å². The number of ketones is 1. The zero-order valence-electron chi connectivity index (χ0n) is 78.0. The van der Waals surface area contributed by atoms with Crippen molar-refractivity contribution in [1.82, 2.24) is 52.8 Å². The molecule has 45 heteroatoms. The molecule has 1 aromatic rings. The smallest absolute Gasteiger partial charge is 0.311 e. The molecular weight excluding hydrogens is 1770 g/mol. The number of hydrogen-bond donors (Lipinski definition) is 9. The zero-order valence-corrected chi connectivity index (χ0v) is 78.0. The predicted molar refractivity (Wildman–Crippen MR) is 457 cm³/mol. The van der Waals surface area contributed by atoms with E-state index in [0.717, 1.165) is 0 Å². The van der Waals surface area contributed by atoms with Crippen molar-refractivity contribution in [3.8, 4) is 5.75 Å². The van der Waals surface area contributed by atoms with Gasteiger partial charge in [0.1, 0.15) is 42.2 Å². The van der Waals surface area contributed by atoms with Gasteiger partial charge in [-0.25, -0.2) is 13.2 Å². The standard InChI is InChI=1S/C88H135F5N10O30/c1-13-61-78(124-53(7)107)82(127-56(10)110)75(100-50(4)104)86(130-61)121-45-26-16-19-34-64(114)94-39-24-22-32-59(113)48-103(49-68(118)98-43-30-41-96-65(115)35-20-17-27-46-122-87-76(101-51(5)105)83(128-57(11)111)79(125-54(8)108)62(14-2)131-87)60(33-23-25-40-95-67(117)37-29-38-69(119)133-81-73(92)71(90)70(89)72(91)74(81)93)85(120)99-44-31-42-97-66(116)36-21-18-28-47-123-88-77(102-52(6)106)84(129-58(12)112)80(126-55(9)109)63(15-3)132-88/h60-63,75-80,82-84,86-88H,13-49H2,1-12H3,(H,94,114)(H,95,117)(H,96,115)(H,97,116)(H,98,118)(H,99,120)(H,100,104)(H,101,105)(H,102,106). The maximum Gasteiger partial charge on any atom is 0.311 e. The summed E-state index contributed by atoms with van der Waals surface area (Å²) in [6.07, 6.45) is -6.53. The van der Waals surface area contributed by atoms with E-state index in [2.05, 4.69) is 52.6 Å². The number of halogens is 5. The molecule has 1 aromatic carbocycles. The number of unbranched alkanes of at least 4 members (excludes halogenated alkanes) is 8. The van der Waals surface area contributed by atoms with E-state index in [4.69, 9.17) is 56.8 Å². The number of benzene rings is 1. The van der Waals surface area contributed by atoms with Crippen molar-refractivity contribution in [2.75, 3.05) is 72.2 Å². The first-order valence-corrected chi connectivity index (χ1v) is 45.4. The highest BCUT2D eigenvalue weighted by Gasteiger charge is 2.54. The Hall–Kier alpha value is -10.2. The Bertz CT molecular complexity index is 3830. The summed E-state index contributed by atoms with van der Waals surface area (Å²) >= 11 is 0. The molecule has 0 saturated carbocycles. The fourth-order valence-electron chi connectivity index (χ4n) is 15.0. The number of hydrogen-bond acceptors (Lipinski definition) is 31. The molecule has 0 aliphatic carbocycles. The first kappa shape index (κ1) is 115. The van der Waals surface area contributed by atoms with Crippen LogP contribution in [-0.4, -0.2) is 276 Å². The number of nitrogens with one attached hydrogen (secondary N) is 9. The SMILES string of the molecule is CCC1OC(OCCCCCC(=O)NCCCCC(=O)CN(CC(=O)NCCCNC(=O)CCCCCOC2OC(CC)C(OC(C)=O)C(OC(C)=O)C2NC(C)=O)C(CCCCNC(=O)CCCC(=O)Oc2c(F)c(F)c(F)c(F)c2F)C(=O)NCCCNC(=O)CCCCCOC2OC(CC)C(OC(C)=O)C(OC(C)=O)C2NC(C)=O)C(NC(C)=O)C(OC(C)=O)C1OC(C)=O. The zero-order chi connectivity index (χ0) is 98.8. The van der Waals surface area contributed by atoms with Gasteiger partial charge in [-0.05, 0) is 109 Å². The molecule has 3 saturated heterocycles. The third-order valence-electron chi connectivity index (χ3n) is 21.1. The largest absolute Gasteiger partial charge is 0.456 e. The number of carbonyl (C=O) groups excluding carboxylic acids is 17. The van der Waals surface area contributed by atoms with E-state index in [1.165, 1.54) is 67.2 Å². The number of rotatable bonds is 62. The molecule has 16 unspecified atom stereocenters. The number of esters is 7. The fraction of sp³-hybridized carbons (Fsp3) is 0.739. The maximum atomic E-state index is 14.6. The van der Waals surface area contributed by atoms with Crippen LogP contribution in [-0.2, 0) is 138 Å². The van der Waals surface area contributed by atoms with Crippen LogP contribution in [0.4, 0.5) is 22.0 Å². The monoisotopic (exact) mass is 1910 g/mol. The topological polar surface area (TPSA) is 522 Å². The van der Waals surface area contributed by atoms with Gasteiger partial charge in [0, 0.05) is 160 Å². The molecule has 9 N–H and O–H groups in total. The third kappa shape index (κ3) is 43.3. The highest BCUT2D eigenvalue weighted by molar-refractivity contribution is 5.87. The Morgan fingerprint density at radius 2 is 0.624 bits per heavy atom. The molecule has 4 rings (SSSR count). The van der Waals surface area contributed by atoms with Crippen LogP contribution in [0.25, 0.3) is 0 Å². The Kier molecular flexibility index (Phi) is 54.0. The average Bonchev–Trinajstić information content (AvgIpc) is 0.797. The van der Waals surface area contributed by atoms with Gasteiger partial charge < -0.3 is 109 Å². The molecule has 3 aliphatic heterocycles. The summed E-state index contributed by atoms with van der Waals surface area (Å²) in [7, 11) is 0. The first-order valence-electron chi connectivity index (χ1n) is 45.4.